The predicted octanol–water partition coefficient (Wildman–Crippen LogP) is 1.52. The van der Waals surface area contributed by atoms with Crippen molar-refractivity contribution in [2.45, 2.75) is 19.9 Å². The highest BCUT2D eigenvalue weighted by molar-refractivity contribution is 7.08. The standard InChI is InChI=1S/C13H17N5OS2/c1-2-11-12(21-16-15-11)13(19)18-5-3-17(4-6-18)7-10-8-20-9-14-10/h8-9H,2-7H2,1H3. The van der Waals surface area contributed by atoms with Crippen LogP contribution in [0.2, 0.25) is 0 Å². The number of hydrogen-bond donors (Lipinski definition) is 0. The van der Waals surface area contributed by atoms with Gasteiger partial charge in [-0.25, -0.2) is 4.98 Å². The first-order valence-electron chi connectivity index (χ1n) is 6.98. The van der Waals surface area contributed by atoms with E-state index in [2.05, 4.69) is 24.9 Å². The lowest BCUT2D eigenvalue weighted by molar-refractivity contribution is 0.0631. The maximum atomic E-state index is 12.5. The molecular weight excluding hydrogens is 306 g/mol. The van der Waals surface area contributed by atoms with Crippen molar-refractivity contribution >= 4 is 28.8 Å². The summed E-state index contributed by atoms with van der Waals surface area (Å²) < 4.78 is 3.90. The van der Waals surface area contributed by atoms with E-state index in [0.29, 0.717) is 4.88 Å². The van der Waals surface area contributed by atoms with Crippen molar-refractivity contribution < 1.29 is 4.79 Å². The van der Waals surface area contributed by atoms with Gasteiger partial charge in [0.2, 0.25) is 0 Å². The Hall–Kier alpha value is -1.38. The molecule has 1 aliphatic heterocycles. The Morgan fingerprint density at radius 2 is 2.14 bits per heavy atom. The van der Waals surface area contributed by atoms with Crippen LogP contribution in [-0.2, 0) is 13.0 Å². The maximum Gasteiger partial charge on any atom is 0.267 e. The third-order valence-corrected chi connectivity index (χ3v) is 5.00. The Balaban J connectivity index is 1.57. The molecule has 0 aromatic carbocycles. The van der Waals surface area contributed by atoms with Crippen molar-refractivity contribution in [2.24, 2.45) is 0 Å². The molecule has 0 unspecified atom stereocenters. The minimum atomic E-state index is 0.0789. The lowest BCUT2D eigenvalue weighted by atomic mass is 10.2. The van der Waals surface area contributed by atoms with Gasteiger partial charge in [0.25, 0.3) is 5.91 Å². The van der Waals surface area contributed by atoms with Gasteiger partial charge in [-0.3, -0.25) is 9.69 Å². The summed E-state index contributed by atoms with van der Waals surface area (Å²) in [5.41, 5.74) is 3.78. The maximum absolute atomic E-state index is 12.5. The predicted molar refractivity (Wildman–Crippen MR) is 82.6 cm³/mol. The van der Waals surface area contributed by atoms with E-state index in [1.165, 1.54) is 11.5 Å². The highest BCUT2D eigenvalue weighted by Crippen LogP contribution is 2.16. The van der Waals surface area contributed by atoms with E-state index in [0.717, 1.165) is 50.5 Å². The normalized spacial score (nSPS) is 16.3. The third kappa shape index (κ3) is 3.28. The number of piperazine rings is 1. The van der Waals surface area contributed by atoms with E-state index in [9.17, 15) is 4.79 Å². The van der Waals surface area contributed by atoms with Crippen LogP contribution < -0.4 is 0 Å². The van der Waals surface area contributed by atoms with Gasteiger partial charge in [-0.15, -0.1) is 16.4 Å². The molecule has 1 saturated heterocycles. The van der Waals surface area contributed by atoms with Crippen LogP contribution in [0, 0.1) is 0 Å². The topological polar surface area (TPSA) is 62.2 Å². The van der Waals surface area contributed by atoms with Gasteiger partial charge >= 0.3 is 0 Å². The molecule has 3 rings (SSSR count). The van der Waals surface area contributed by atoms with Gasteiger partial charge in [-0.1, -0.05) is 11.4 Å². The van der Waals surface area contributed by atoms with Crippen LogP contribution in [-0.4, -0.2) is 56.5 Å². The van der Waals surface area contributed by atoms with Gasteiger partial charge < -0.3 is 4.90 Å². The fourth-order valence-corrected chi connectivity index (χ4v) is 3.67. The van der Waals surface area contributed by atoms with Gasteiger partial charge in [-0.2, -0.15) is 0 Å². The van der Waals surface area contributed by atoms with Crippen molar-refractivity contribution in [3.05, 3.63) is 27.2 Å². The molecule has 0 saturated carbocycles. The molecule has 2 aromatic heterocycles. The molecule has 0 N–H and O–H groups in total. The van der Waals surface area contributed by atoms with Crippen molar-refractivity contribution in [1.82, 2.24) is 24.4 Å². The van der Waals surface area contributed by atoms with Crippen LogP contribution in [0.1, 0.15) is 28.0 Å². The second-order valence-corrected chi connectivity index (χ2v) is 6.42. The summed E-state index contributed by atoms with van der Waals surface area (Å²) in [5.74, 6) is 0.0789. The molecule has 1 fully saturated rings. The molecule has 21 heavy (non-hydrogen) atoms. The second-order valence-electron chi connectivity index (χ2n) is 4.95. The monoisotopic (exact) mass is 323 g/mol. The Bertz CT molecular complexity index is 589. The summed E-state index contributed by atoms with van der Waals surface area (Å²) in [5, 5.41) is 6.10. The van der Waals surface area contributed by atoms with Gasteiger partial charge in [0.15, 0.2) is 0 Å². The SMILES string of the molecule is CCc1nnsc1C(=O)N1CCN(Cc2cscn2)CC1. The molecule has 0 aliphatic carbocycles. The number of aryl methyl sites for hydroxylation is 1. The number of rotatable bonds is 4. The van der Waals surface area contributed by atoms with E-state index in [1.807, 2.05) is 17.3 Å². The zero-order chi connectivity index (χ0) is 14.7. The Labute approximate surface area is 131 Å². The first-order chi connectivity index (χ1) is 10.3. The zero-order valence-electron chi connectivity index (χ0n) is 11.9. The molecule has 0 spiro atoms. The zero-order valence-corrected chi connectivity index (χ0v) is 13.5. The molecule has 112 valence electrons. The van der Waals surface area contributed by atoms with E-state index in [4.69, 9.17) is 0 Å². The minimum absolute atomic E-state index is 0.0789. The Morgan fingerprint density at radius 3 is 2.81 bits per heavy atom. The van der Waals surface area contributed by atoms with E-state index >= 15 is 0 Å². The number of thiazole rings is 1. The van der Waals surface area contributed by atoms with E-state index in [-0.39, 0.29) is 5.91 Å². The van der Waals surface area contributed by atoms with Crippen LogP contribution in [0.15, 0.2) is 10.9 Å². The third-order valence-electron chi connectivity index (χ3n) is 3.61. The summed E-state index contributed by atoms with van der Waals surface area (Å²) in [6.45, 7) is 6.15. The smallest absolute Gasteiger partial charge is 0.267 e. The Morgan fingerprint density at radius 1 is 1.33 bits per heavy atom. The molecule has 2 aromatic rings. The van der Waals surface area contributed by atoms with Crippen molar-refractivity contribution in [3.8, 4) is 0 Å². The van der Waals surface area contributed by atoms with Crippen LogP contribution in [0.25, 0.3) is 0 Å². The number of aromatic nitrogens is 3. The fourth-order valence-electron chi connectivity index (χ4n) is 2.40. The van der Waals surface area contributed by atoms with Crippen molar-refractivity contribution in [1.29, 1.82) is 0 Å². The number of hydrogen-bond acceptors (Lipinski definition) is 7. The lowest BCUT2D eigenvalue weighted by Gasteiger charge is -2.34. The van der Waals surface area contributed by atoms with Gasteiger partial charge in [0.1, 0.15) is 4.88 Å². The van der Waals surface area contributed by atoms with Gasteiger partial charge in [0, 0.05) is 38.1 Å². The quantitative estimate of drug-likeness (QED) is 0.853. The molecule has 0 radical (unpaired) electrons. The molecule has 3 heterocycles. The summed E-state index contributed by atoms with van der Waals surface area (Å²) in [4.78, 5) is 21.7. The van der Waals surface area contributed by atoms with Crippen LogP contribution in [0.5, 0.6) is 0 Å². The van der Waals surface area contributed by atoms with Crippen LogP contribution in [0.4, 0.5) is 0 Å². The average Bonchev–Trinajstić information content (AvgIpc) is 3.18. The van der Waals surface area contributed by atoms with Crippen molar-refractivity contribution in [2.75, 3.05) is 26.2 Å². The average molecular weight is 323 g/mol. The van der Waals surface area contributed by atoms with Crippen LogP contribution in [0.3, 0.4) is 0 Å². The summed E-state index contributed by atoms with van der Waals surface area (Å²) >= 11 is 2.83. The number of carbonyl (C=O) groups is 1. The molecule has 6 nitrogen and oxygen atoms in total. The second kappa shape index (κ2) is 6.59. The first kappa shape index (κ1) is 14.6. The molecule has 8 heteroatoms. The molecule has 1 aliphatic rings. The van der Waals surface area contributed by atoms with Crippen molar-refractivity contribution in [3.63, 3.8) is 0 Å². The number of nitrogens with zero attached hydrogens (tertiary/aromatic N) is 5. The minimum Gasteiger partial charge on any atom is -0.335 e. The lowest BCUT2D eigenvalue weighted by Crippen LogP contribution is -2.48. The van der Waals surface area contributed by atoms with E-state index in [1.54, 1.807) is 11.3 Å². The van der Waals surface area contributed by atoms with Crippen LogP contribution >= 0.6 is 22.9 Å². The molecule has 0 atom stereocenters. The summed E-state index contributed by atoms with van der Waals surface area (Å²) in [6.07, 6.45) is 0.751. The largest absolute Gasteiger partial charge is 0.335 e. The highest BCUT2D eigenvalue weighted by Gasteiger charge is 2.25. The fraction of sp³-hybridized carbons (Fsp3) is 0.538. The number of carbonyl (C=O) groups excluding carboxylic acids is 1. The van der Waals surface area contributed by atoms with Gasteiger partial charge in [-0.05, 0) is 18.0 Å². The number of amides is 1. The summed E-state index contributed by atoms with van der Waals surface area (Å²) in [7, 11) is 0. The van der Waals surface area contributed by atoms with E-state index < -0.39 is 0 Å². The molecule has 1 amide bonds. The molecule has 0 bridgehead atoms. The summed E-state index contributed by atoms with van der Waals surface area (Å²) in [6, 6.07) is 0. The Kier molecular flexibility index (Phi) is 4.57. The highest BCUT2D eigenvalue weighted by atomic mass is 32.1. The first-order valence-corrected chi connectivity index (χ1v) is 8.69. The van der Waals surface area contributed by atoms with Gasteiger partial charge in [0.05, 0.1) is 16.9 Å². The molecular formula is C13H17N5OS2.